The first-order valence-electron chi connectivity index (χ1n) is 3.30. The Balaban J connectivity index is 3.28. The average molecular weight is 172 g/mol. The van der Waals surface area contributed by atoms with Crippen LogP contribution < -0.4 is 9.47 Å². The lowest BCUT2D eigenvalue weighted by atomic mass is 10.3. The Labute approximate surface area is 69.3 Å². The molecule has 0 aromatic heterocycles. The first kappa shape index (κ1) is 8.64. The van der Waals surface area contributed by atoms with Crippen LogP contribution in [0, 0.1) is 5.82 Å². The number of benzene rings is 1. The van der Waals surface area contributed by atoms with E-state index in [2.05, 4.69) is 4.74 Å². The average Bonchev–Trinajstić information content (AvgIpc) is 2.08. The smallest absolute Gasteiger partial charge is 0.206 e. The molecule has 0 saturated heterocycles. The predicted molar refractivity (Wildman–Crippen MR) is 41.2 cm³/mol. The highest BCUT2D eigenvalue weighted by molar-refractivity contribution is 5.50. The number of ether oxygens (including phenoxy) is 2. The number of hydrogen-bond donors (Lipinski definition) is 1. The second-order valence-corrected chi connectivity index (χ2v) is 2.13. The van der Waals surface area contributed by atoms with Crippen molar-refractivity contribution in [3.63, 3.8) is 0 Å². The molecule has 0 aliphatic carbocycles. The normalized spacial score (nSPS) is 9.58. The van der Waals surface area contributed by atoms with Gasteiger partial charge in [-0.15, -0.1) is 0 Å². The van der Waals surface area contributed by atoms with E-state index in [0.717, 1.165) is 6.07 Å². The lowest BCUT2D eigenvalue weighted by molar-refractivity contribution is 0.319. The molecule has 0 aliphatic rings. The number of phenols is 1. The number of methoxy groups -OCH3 is 2. The summed E-state index contributed by atoms with van der Waals surface area (Å²) >= 11 is 0. The van der Waals surface area contributed by atoms with Crippen LogP contribution in [0.2, 0.25) is 0 Å². The summed E-state index contributed by atoms with van der Waals surface area (Å²) in [5, 5.41) is 9.18. The summed E-state index contributed by atoms with van der Waals surface area (Å²) in [7, 11) is 2.64. The first-order valence-corrected chi connectivity index (χ1v) is 3.30. The van der Waals surface area contributed by atoms with E-state index in [4.69, 9.17) is 4.74 Å². The molecule has 0 fully saturated rings. The molecule has 66 valence electrons. The van der Waals surface area contributed by atoms with Crippen molar-refractivity contribution >= 4 is 0 Å². The van der Waals surface area contributed by atoms with Crippen LogP contribution in [0.3, 0.4) is 0 Å². The third-order valence-electron chi connectivity index (χ3n) is 1.45. The van der Waals surface area contributed by atoms with Crippen molar-refractivity contribution in [3.8, 4) is 17.2 Å². The molecule has 0 aliphatic heterocycles. The topological polar surface area (TPSA) is 38.7 Å². The van der Waals surface area contributed by atoms with Crippen molar-refractivity contribution < 1.29 is 19.0 Å². The van der Waals surface area contributed by atoms with Crippen LogP contribution in [0.5, 0.6) is 17.2 Å². The van der Waals surface area contributed by atoms with E-state index in [1.54, 1.807) is 0 Å². The van der Waals surface area contributed by atoms with Gasteiger partial charge in [0.1, 0.15) is 0 Å². The van der Waals surface area contributed by atoms with E-state index in [0.29, 0.717) is 0 Å². The van der Waals surface area contributed by atoms with Gasteiger partial charge in [-0.3, -0.25) is 0 Å². The van der Waals surface area contributed by atoms with Gasteiger partial charge in [-0.25, -0.2) is 4.39 Å². The highest BCUT2D eigenvalue weighted by Gasteiger charge is 2.13. The maximum atomic E-state index is 12.9. The number of hydrogen-bond acceptors (Lipinski definition) is 3. The fourth-order valence-corrected chi connectivity index (χ4v) is 0.916. The summed E-state index contributed by atoms with van der Waals surface area (Å²) in [6.45, 7) is 0. The van der Waals surface area contributed by atoms with Gasteiger partial charge in [0.2, 0.25) is 11.5 Å². The van der Waals surface area contributed by atoms with E-state index in [-0.39, 0.29) is 17.2 Å². The largest absolute Gasteiger partial charge is 0.504 e. The van der Waals surface area contributed by atoms with Crippen LogP contribution in [-0.2, 0) is 0 Å². The molecule has 12 heavy (non-hydrogen) atoms. The van der Waals surface area contributed by atoms with Gasteiger partial charge in [0.25, 0.3) is 0 Å². The molecule has 0 bridgehead atoms. The Morgan fingerprint density at radius 1 is 1.17 bits per heavy atom. The zero-order chi connectivity index (χ0) is 9.14. The molecule has 1 aromatic carbocycles. The first-order chi connectivity index (χ1) is 5.70. The van der Waals surface area contributed by atoms with E-state index in [9.17, 15) is 9.50 Å². The molecular weight excluding hydrogens is 163 g/mol. The van der Waals surface area contributed by atoms with Crippen LogP contribution in [0.25, 0.3) is 0 Å². The Hall–Kier alpha value is -1.45. The second-order valence-electron chi connectivity index (χ2n) is 2.13. The molecule has 1 aromatic rings. The zero-order valence-corrected chi connectivity index (χ0v) is 6.80. The number of aromatic hydroxyl groups is 1. The fourth-order valence-electron chi connectivity index (χ4n) is 0.916. The molecule has 0 saturated carbocycles. The molecular formula is C8H9FO3. The van der Waals surface area contributed by atoms with Crippen molar-refractivity contribution in [2.75, 3.05) is 14.2 Å². The van der Waals surface area contributed by atoms with Gasteiger partial charge >= 0.3 is 0 Å². The molecule has 0 heterocycles. The van der Waals surface area contributed by atoms with Gasteiger partial charge in [-0.2, -0.15) is 0 Å². The predicted octanol–water partition coefficient (Wildman–Crippen LogP) is 1.55. The molecule has 1 N–H and O–H groups in total. The van der Waals surface area contributed by atoms with Gasteiger partial charge in [0, 0.05) is 0 Å². The highest BCUT2D eigenvalue weighted by atomic mass is 19.1. The second kappa shape index (κ2) is 3.30. The SMILES string of the molecule is COc1c(O)ccc(F)c1OC. The fraction of sp³-hybridized carbons (Fsp3) is 0.250. The highest BCUT2D eigenvalue weighted by Crippen LogP contribution is 2.37. The maximum absolute atomic E-state index is 12.9. The molecule has 0 spiro atoms. The van der Waals surface area contributed by atoms with E-state index >= 15 is 0 Å². The molecule has 3 nitrogen and oxygen atoms in total. The Kier molecular flexibility index (Phi) is 2.38. The molecule has 4 heteroatoms. The van der Waals surface area contributed by atoms with Crippen molar-refractivity contribution in [3.05, 3.63) is 17.9 Å². The zero-order valence-electron chi connectivity index (χ0n) is 6.80. The van der Waals surface area contributed by atoms with Crippen LogP contribution in [0.1, 0.15) is 0 Å². The summed E-state index contributed by atoms with van der Waals surface area (Å²) in [5.74, 6) is -0.780. The van der Waals surface area contributed by atoms with Gasteiger partial charge in [0.05, 0.1) is 14.2 Å². The van der Waals surface area contributed by atoms with Gasteiger partial charge in [-0.05, 0) is 12.1 Å². The summed E-state index contributed by atoms with van der Waals surface area (Å²) in [6, 6.07) is 2.31. The molecule has 0 unspecified atom stereocenters. The van der Waals surface area contributed by atoms with Crippen LogP contribution in [0.4, 0.5) is 4.39 Å². The van der Waals surface area contributed by atoms with Crippen LogP contribution >= 0.6 is 0 Å². The lowest BCUT2D eigenvalue weighted by Gasteiger charge is -2.08. The Morgan fingerprint density at radius 3 is 2.17 bits per heavy atom. The Bertz CT molecular complexity index is 257. The monoisotopic (exact) mass is 172 g/mol. The maximum Gasteiger partial charge on any atom is 0.206 e. The summed E-state index contributed by atoms with van der Waals surface area (Å²) in [6.07, 6.45) is 0. The third kappa shape index (κ3) is 1.28. The minimum atomic E-state index is -0.563. The molecule has 0 atom stereocenters. The van der Waals surface area contributed by atoms with Crippen molar-refractivity contribution in [2.45, 2.75) is 0 Å². The van der Waals surface area contributed by atoms with Crippen molar-refractivity contribution in [1.29, 1.82) is 0 Å². The van der Waals surface area contributed by atoms with E-state index in [1.165, 1.54) is 20.3 Å². The summed E-state index contributed by atoms with van der Waals surface area (Å²) in [4.78, 5) is 0. The minimum Gasteiger partial charge on any atom is -0.504 e. The summed E-state index contributed by atoms with van der Waals surface area (Å²) < 4.78 is 22.3. The van der Waals surface area contributed by atoms with Gasteiger partial charge in [0.15, 0.2) is 11.6 Å². The molecule has 1 rings (SSSR count). The lowest BCUT2D eigenvalue weighted by Crippen LogP contribution is -1.93. The molecule has 0 radical (unpaired) electrons. The summed E-state index contributed by atoms with van der Waals surface area (Å²) in [5.41, 5.74) is 0. The number of rotatable bonds is 2. The number of phenolic OH excluding ortho intramolecular Hbond substituents is 1. The number of halogens is 1. The van der Waals surface area contributed by atoms with Crippen LogP contribution in [-0.4, -0.2) is 19.3 Å². The van der Waals surface area contributed by atoms with Crippen LogP contribution in [0.15, 0.2) is 12.1 Å². The van der Waals surface area contributed by atoms with E-state index in [1.807, 2.05) is 0 Å². The van der Waals surface area contributed by atoms with Gasteiger partial charge < -0.3 is 14.6 Å². The quantitative estimate of drug-likeness (QED) is 0.735. The van der Waals surface area contributed by atoms with Gasteiger partial charge in [-0.1, -0.05) is 0 Å². The third-order valence-corrected chi connectivity index (χ3v) is 1.45. The van der Waals surface area contributed by atoms with Crippen molar-refractivity contribution in [2.24, 2.45) is 0 Å². The Morgan fingerprint density at radius 2 is 1.75 bits per heavy atom. The standard InChI is InChI=1S/C8H9FO3/c1-11-7-5(9)3-4-6(10)8(7)12-2/h3-4,10H,1-2H3. The molecule has 0 amide bonds. The minimum absolute atomic E-state index is 0.0116. The van der Waals surface area contributed by atoms with E-state index < -0.39 is 5.82 Å². The van der Waals surface area contributed by atoms with Crippen molar-refractivity contribution in [1.82, 2.24) is 0 Å².